The normalized spacial score (nSPS) is 22.9. The first-order chi connectivity index (χ1) is 9.41. The largest absolute Gasteiger partial charge is 0.394 e. The zero-order chi connectivity index (χ0) is 15.2. The van der Waals surface area contributed by atoms with Gasteiger partial charge in [0.2, 0.25) is 0 Å². The lowest BCUT2D eigenvalue weighted by molar-refractivity contribution is 0.0818. The van der Waals surface area contributed by atoms with Crippen LogP contribution in [-0.4, -0.2) is 47.8 Å². The van der Waals surface area contributed by atoms with Crippen LogP contribution in [0.2, 0.25) is 0 Å². The topological polar surface area (TPSA) is 35.5 Å². The zero-order valence-electron chi connectivity index (χ0n) is 14.3. The molecule has 1 heterocycles. The van der Waals surface area contributed by atoms with Gasteiger partial charge in [-0.2, -0.15) is 0 Å². The van der Waals surface area contributed by atoms with Crippen molar-refractivity contribution in [2.75, 3.05) is 26.2 Å². The lowest BCUT2D eigenvalue weighted by Gasteiger charge is -2.41. The van der Waals surface area contributed by atoms with Gasteiger partial charge in [-0.3, -0.25) is 0 Å². The van der Waals surface area contributed by atoms with Crippen LogP contribution in [0.4, 0.5) is 0 Å². The monoisotopic (exact) mass is 284 g/mol. The molecule has 2 N–H and O–H groups in total. The van der Waals surface area contributed by atoms with E-state index in [9.17, 15) is 5.11 Å². The van der Waals surface area contributed by atoms with Gasteiger partial charge in [0.15, 0.2) is 0 Å². The van der Waals surface area contributed by atoms with E-state index in [1.807, 2.05) is 0 Å². The molecule has 120 valence electrons. The molecule has 0 spiro atoms. The summed E-state index contributed by atoms with van der Waals surface area (Å²) in [6.45, 7) is 15.0. The molecule has 0 aliphatic carbocycles. The van der Waals surface area contributed by atoms with E-state index < -0.39 is 0 Å². The second-order valence-electron chi connectivity index (χ2n) is 7.32. The van der Waals surface area contributed by atoms with Gasteiger partial charge in [-0.05, 0) is 71.0 Å². The number of likely N-dealkylation sites (tertiary alicyclic amines) is 1. The van der Waals surface area contributed by atoms with Gasteiger partial charge in [0.05, 0.1) is 6.61 Å². The predicted molar refractivity (Wildman–Crippen MR) is 87.0 cm³/mol. The number of nitrogens with one attached hydrogen (secondary N) is 1. The number of aliphatic hydroxyl groups is 1. The van der Waals surface area contributed by atoms with E-state index in [1.54, 1.807) is 0 Å². The van der Waals surface area contributed by atoms with Crippen molar-refractivity contribution in [2.24, 2.45) is 11.8 Å². The quantitative estimate of drug-likeness (QED) is 0.719. The Hall–Kier alpha value is -0.120. The summed E-state index contributed by atoms with van der Waals surface area (Å²) in [6.07, 6.45) is 4.81. The van der Waals surface area contributed by atoms with Crippen molar-refractivity contribution in [3.63, 3.8) is 0 Å². The summed E-state index contributed by atoms with van der Waals surface area (Å²) in [5.74, 6) is 1.72. The average molecular weight is 284 g/mol. The number of aliphatic hydroxyl groups excluding tert-OH is 1. The summed E-state index contributed by atoms with van der Waals surface area (Å²) >= 11 is 0. The number of hydrogen-bond acceptors (Lipinski definition) is 3. The first kappa shape index (κ1) is 17.9. The number of nitrogens with zero attached hydrogens (tertiary/aromatic N) is 1. The molecular formula is C17H36N2O. The fourth-order valence-electron chi connectivity index (χ4n) is 3.43. The molecule has 1 fully saturated rings. The van der Waals surface area contributed by atoms with Crippen LogP contribution < -0.4 is 5.32 Å². The molecule has 1 rings (SSSR count). The second kappa shape index (κ2) is 8.35. The van der Waals surface area contributed by atoms with E-state index in [0.29, 0.717) is 6.04 Å². The van der Waals surface area contributed by atoms with Crippen molar-refractivity contribution < 1.29 is 5.11 Å². The fraction of sp³-hybridized carbons (Fsp3) is 1.00. The zero-order valence-corrected chi connectivity index (χ0v) is 14.3. The molecule has 0 amide bonds. The van der Waals surface area contributed by atoms with Crippen LogP contribution in [0.25, 0.3) is 0 Å². The lowest BCUT2D eigenvalue weighted by atomic mass is 9.85. The average Bonchev–Trinajstić information content (AvgIpc) is 2.45. The van der Waals surface area contributed by atoms with Gasteiger partial charge in [-0.25, -0.2) is 0 Å². The Morgan fingerprint density at radius 1 is 1.25 bits per heavy atom. The molecule has 3 nitrogen and oxygen atoms in total. The summed E-state index contributed by atoms with van der Waals surface area (Å²) in [7, 11) is 0. The summed E-state index contributed by atoms with van der Waals surface area (Å²) in [5, 5.41) is 13.2. The van der Waals surface area contributed by atoms with E-state index in [1.165, 1.54) is 25.9 Å². The van der Waals surface area contributed by atoms with Crippen LogP contribution in [-0.2, 0) is 0 Å². The molecule has 0 saturated carbocycles. The van der Waals surface area contributed by atoms with Gasteiger partial charge >= 0.3 is 0 Å². The van der Waals surface area contributed by atoms with Gasteiger partial charge < -0.3 is 15.3 Å². The third-order valence-corrected chi connectivity index (χ3v) is 5.04. The first-order valence-corrected chi connectivity index (χ1v) is 8.51. The molecule has 1 aliphatic heterocycles. The van der Waals surface area contributed by atoms with Crippen LogP contribution in [0.15, 0.2) is 0 Å². The highest BCUT2D eigenvalue weighted by Gasteiger charge is 2.30. The molecule has 3 heteroatoms. The standard InChI is InChI=1S/C17H36N2O/c1-6-9-18-17(5,13-20)12-15(4)19-10-7-16(8-11-19)14(2)3/h14-16,18,20H,6-13H2,1-5H3. The van der Waals surface area contributed by atoms with Crippen LogP contribution in [0.5, 0.6) is 0 Å². The van der Waals surface area contributed by atoms with Crippen molar-refractivity contribution in [3.8, 4) is 0 Å². The third-order valence-electron chi connectivity index (χ3n) is 5.04. The minimum atomic E-state index is -0.135. The maximum absolute atomic E-state index is 9.69. The van der Waals surface area contributed by atoms with Crippen molar-refractivity contribution >= 4 is 0 Å². The van der Waals surface area contributed by atoms with Crippen LogP contribution in [0, 0.1) is 11.8 Å². The Bertz CT molecular complexity index is 262. The maximum Gasteiger partial charge on any atom is 0.0611 e. The Morgan fingerprint density at radius 3 is 2.30 bits per heavy atom. The summed E-state index contributed by atoms with van der Waals surface area (Å²) in [4.78, 5) is 2.61. The van der Waals surface area contributed by atoms with Crippen LogP contribution >= 0.6 is 0 Å². The Morgan fingerprint density at radius 2 is 1.85 bits per heavy atom. The number of hydrogen-bond donors (Lipinski definition) is 2. The molecule has 2 unspecified atom stereocenters. The molecule has 0 aromatic heterocycles. The highest BCUT2D eigenvalue weighted by Crippen LogP contribution is 2.27. The molecule has 1 saturated heterocycles. The van der Waals surface area contributed by atoms with Gasteiger partial charge in [0.25, 0.3) is 0 Å². The molecule has 0 radical (unpaired) electrons. The predicted octanol–water partition coefficient (Wildman–Crippen LogP) is 2.88. The van der Waals surface area contributed by atoms with Gasteiger partial charge in [0.1, 0.15) is 0 Å². The van der Waals surface area contributed by atoms with Crippen molar-refractivity contribution in [1.29, 1.82) is 0 Å². The third kappa shape index (κ3) is 5.34. The molecule has 0 aromatic rings. The second-order valence-corrected chi connectivity index (χ2v) is 7.32. The van der Waals surface area contributed by atoms with E-state index >= 15 is 0 Å². The Balaban J connectivity index is 2.44. The van der Waals surface area contributed by atoms with Crippen molar-refractivity contribution in [2.45, 2.75) is 71.9 Å². The first-order valence-electron chi connectivity index (χ1n) is 8.51. The van der Waals surface area contributed by atoms with E-state index in [2.05, 4.69) is 44.8 Å². The van der Waals surface area contributed by atoms with Crippen LogP contribution in [0.1, 0.15) is 60.3 Å². The minimum absolute atomic E-state index is 0.135. The summed E-state index contributed by atoms with van der Waals surface area (Å²) < 4.78 is 0. The van der Waals surface area contributed by atoms with Crippen LogP contribution in [0.3, 0.4) is 0 Å². The van der Waals surface area contributed by atoms with Gasteiger partial charge in [0, 0.05) is 11.6 Å². The highest BCUT2D eigenvalue weighted by atomic mass is 16.3. The minimum Gasteiger partial charge on any atom is -0.394 e. The summed E-state index contributed by atoms with van der Waals surface area (Å²) in [6, 6.07) is 0.546. The van der Waals surface area contributed by atoms with Gasteiger partial charge in [-0.15, -0.1) is 0 Å². The fourth-order valence-corrected chi connectivity index (χ4v) is 3.43. The van der Waals surface area contributed by atoms with E-state index in [0.717, 1.165) is 31.2 Å². The van der Waals surface area contributed by atoms with Gasteiger partial charge in [-0.1, -0.05) is 20.8 Å². The molecule has 1 aliphatic rings. The Labute approximate surface area is 126 Å². The number of rotatable bonds is 8. The molecule has 0 aromatic carbocycles. The summed E-state index contributed by atoms with van der Waals surface area (Å²) in [5.41, 5.74) is -0.135. The SMILES string of the molecule is CCCNC(C)(CO)CC(C)N1CCC(C(C)C)CC1. The highest BCUT2D eigenvalue weighted by molar-refractivity contribution is 4.88. The molecule has 2 atom stereocenters. The molecule has 0 bridgehead atoms. The van der Waals surface area contributed by atoms with E-state index in [4.69, 9.17) is 0 Å². The molecular weight excluding hydrogens is 248 g/mol. The van der Waals surface area contributed by atoms with Crippen molar-refractivity contribution in [3.05, 3.63) is 0 Å². The number of piperidine rings is 1. The smallest absolute Gasteiger partial charge is 0.0611 e. The lowest BCUT2D eigenvalue weighted by Crippen LogP contribution is -2.52. The maximum atomic E-state index is 9.69. The van der Waals surface area contributed by atoms with E-state index in [-0.39, 0.29) is 12.1 Å². The Kier molecular flexibility index (Phi) is 7.49. The van der Waals surface area contributed by atoms with Crippen molar-refractivity contribution in [1.82, 2.24) is 10.2 Å². The molecule has 20 heavy (non-hydrogen) atoms.